The van der Waals surface area contributed by atoms with Gasteiger partial charge in [0, 0.05) is 17.7 Å². The van der Waals surface area contributed by atoms with Gasteiger partial charge in [-0.3, -0.25) is 18.2 Å². The van der Waals surface area contributed by atoms with Crippen LogP contribution in [-0.4, -0.2) is 135 Å². The number of rotatable bonds is 19. The number of aromatic nitrogens is 10. The zero-order chi connectivity index (χ0) is 75.7. The molecule has 5 aromatic heterocycles. The Kier molecular flexibility index (Phi) is 32.1. The van der Waals surface area contributed by atoms with Gasteiger partial charge in [0.15, 0.2) is 27.8 Å². The van der Waals surface area contributed by atoms with Crippen LogP contribution in [0.2, 0.25) is 0 Å². The molecule has 6 heterocycles. The van der Waals surface area contributed by atoms with E-state index >= 15 is 0 Å². The second kappa shape index (κ2) is 37.2. The van der Waals surface area contributed by atoms with Crippen molar-refractivity contribution in [2.75, 3.05) is 6.26 Å². The standard InChI is InChI=1S/C14H18N2O5S2.C14H18N2O3S.C13H16N2O3S.C8H13BNO.C8H14N2O4S.C8H12N2O2.CH4/c1-10(2)11-7-12(22(4,17)18)14(13(8-11)23(19,20)21)16-6-5-15(3)9-16;1-11(2)12-4-5-13(14(8-12)20(17,18)19)9-16-7-6-15(3)10-16;1-10(2)11-4-5-12(13(8-11)19(16,17)18)15-7-6-14(3)9-15;1-7(2)10-5-3-8(9-11)4-6-10;1-7(2)8(14-15(11,12)13)10-5-4-9(3)6-10;1-7(2)10-4-3-9(6-10)5-8(11)12;/h5-10H,1-4H3;4-8,10-11H,9H2,1-3H3;4-10H,1-3H3;3,5-7,11H,4H2,1-2H3;4-8H,1-3H3;3-4,6-7H,5H2,1-2H3;1H4/q;;;+1;;;/p+5. The van der Waals surface area contributed by atoms with Crippen LogP contribution < -0.4 is 22.8 Å². The predicted octanol–water partition coefficient (Wildman–Crippen LogP) is 6.02. The van der Waals surface area contributed by atoms with Crippen LogP contribution in [0.4, 0.5) is 0 Å². The molecule has 0 aliphatic carbocycles. The largest absolute Gasteiger partial charge is 0.478 e. The van der Waals surface area contributed by atoms with E-state index in [-0.39, 0.29) is 58.0 Å². The van der Waals surface area contributed by atoms with Crippen molar-refractivity contribution in [3.63, 3.8) is 0 Å². The molecule has 29 nitrogen and oxygen atoms in total. The Bertz CT molecular complexity index is 4740. The molecule has 35 heteroatoms. The maximum atomic E-state index is 12.2. The molecule has 8 aromatic rings. The van der Waals surface area contributed by atoms with Crippen molar-refractivity contribution in [2.24, 2.45) is 34.1 Å². The minimum absolute atomic E-state index is 0. The van der Waals surface area contributed by atoms with E-state index in [0.29, 0.717) is 35.4 Å². The number of benzene rings is 3. The van der Waals surface area contributed by atoms with E-state index in [9.17, 15) is 60.5 Å². The topological polar surface area (TPSA) is 365 Å². The van der Waals surface area contributed by atoms with Gasteiger partial charge in [0.05, 0.1) is 34.2 Å². The molecule has 1 atom stereocenters. The van der Waals surface area contributed by atoms with Gasteiger partial charge in [0.1, 0.15) is 88.1 Å². The molecule has 6 N–H and O–H groups in total. The molecule has 0 saturated carbocycles. The van der Waals surface area contributed by atoms with Crippen LogP contribution >= 0.6 is 0 Å². The van der Waals surface area contributed by atoms with Crippen molar-refractivity contribution in [1.29, 1.82) is 0 Å². The van der Waals surface area contributed by atoms with Crippen LogP contribution in [0.5, 0.6) is 0 Å². The molecule has 9 rings (SSSR count). The maximum Gasteiger partial charge on any atom is 0.346 e. The zero-order valence-electron chi connectivity index (χ0n) is 59.3. The number of imidazole rings is 5. The van der Waals surface area contributed by atoms with Crippen LogP contribution in [0.25, 0.3) is 11.4 Å². The molecule has 0 bridgehead atoms. The summed E-state index contributed by atoms with van der Waals surface area (Å²) in [6.07, 6.45) is 33.1. The van der Waals surface area contributed by atoms with Crippen molar-refractivity contribution >= 4 is 75.4 Å². The third kappa shape index (κ3) is 27.6. The molecular weight excluding hydrogens is 1410 g/mol. The molecule has 3 aromatic carbocycles. The third-order valence-electron chi connectivity index (χ3n) is 14.9. The molecule has 0 amide bonds. The normalized spacial score (nSPS) is 13.2. The van der Waals surface area contributed by atoms with Gasteiger partial charge in [-0.2, -0.15) is 38.2 Å². The van der Waals surface area contributed by atoms with Crippen LogP contribution in [-0.2, 0) is 101 Å². The van der Waals surface area contributed by atoms with Crippen molar-refractivity contribution in [2.45, 2.75) is 166 Å². The summed E-state index contributed by atoms with van der Waals surface area (Å²) in [7, 11) is -12.8. The van der Waals surface area contributed by atoms with E-state index in [4.69, 9.17) is 14.7 Å². The first-order valence-corrected chi connectivity index (χ1v) is 38.9. The van der Waals surface area contributed by atoms with Gasteiger partial charge in [-0.25, -0.2) is 58.5 Å². The van der Waals surface area contributed by atoms with E-state index in [2.05, 4.69) is 28.8 Å². The van der Waals surface area contributed by atoms with E-state index < -0.39 is 67.7 Å². The van der Waals surface area contributed by atoms with Gasteiger partial charge in [-0.05, 0) is 78.6 Å². The van der Waals surface area contributed by atoms with Gasteiger partial charge in [-0.15, -0.1) is 0 Å². The summed E-state index contributed by atoms with van der Waals surface area (Å²) in [5.41, 5.74) is 4.16. The quantitative estimate of drug-likeness (QED) is 0.0306. The minimum atomic E-state index is -4.61. The van der Waals surface area contributed by atoms with Gasteiger partial charge in [0.2, 0.25) is 37.9 Å². The summed E-state index contributed by atoms with van der Waals surface area (Å²) in [5.74, 6) is -0.615. The van der Waals surface area contributed by atoms with Crippen molar-refractivity contribution in [3.05, 3.63) is 177 Å². The second-order valence-corrected chi connectivity index (χ2v) is 32.7. The molecule has 1 unspecified atom stereocenters. The number of aryl methyl sites for hydroxylation is 4. The van der Waals surface area contributed by atoms with E-state index in [1.807, 2.05) is 133 Å². The monoisotopic (exact) mass is 1510 g/mol. The van der Waals surface area contributed by atoms with Crippen LogP contribution in [0.3, 0.4) is 0 Å². The van der Waals surface area contributed by atoms with Crippen LogP contribution in [0, 0.1) is 5.92 Å². The molecule has 0 saturated heterocycles. The average molecular weight is 1510 g/mol. The van der Waals surface area contributed by atoms with Crippen LogP contribution in [0.1, 0.15) is 149 Å². The van der Waals surface area contributed by atoms with E-state index in [1.165, 1.54) is 35.3 Å². The van der Waals surface area contributed by atoms with Crippen LogP contribution in [0.15, 0.2) is 174 Å². The molecular formula is C66H100BN11O18S5+6. The maximum absolute atomic E-state index is 12.2. The Morgan fingerprint density at radius 1 is 0.564 bits per heavy atom. The van der Waals surface area contributed by atoms with Crippen molar-refractivity contribution in [1.82, 2.24) is 22.8 Å². The number of hydrogen-bond acceptors (Lipinski definition) is 13. The Labute approximate surface area is 595 Å². The summed E-state index contributed by atoms with van der Waals surface area (Å²) in [6.45, 7) is 23.9. The first kappa shape index (κ1) is 87.1. The predicted molar refractivity (Wildman–Crippen MR) is 380 cm³/mol. The summed E-state index contributed by atoms with van der Waals surface area (Å²) in [5, 5.41) is 17.1. The molecule has 101 heavy (non-hydrogen) atoms. The number of carboxylic acids is 1. The number of sulfone groups is 1. The van der Waals surface area contributed by atoms with Gasteiger partial charge in [0.25, 0.3) is 30.4 Å². The van der Waals surface area contributed by atoms with E-state index in [1.54, 1.807) is 130 Å². The Balaban J connectivity index is 0.000000320. The first-order chi connectivity index (χ1) is 46.1. The van der Waals surface area contributed by atoms with E-state index in [0.717, 1.165) is 36.4 Å². The molecule has 0 spiro atoms. The summed E-state index contributed by atoms with van der Waals surface area (Å²) >= 11 is 0. The Hall–Kier alpha value is -8.13. The fourth-order valence-corrected chi connectivity index (χ4v) is 13.2. The summed E-state index contributed by atoms with van der Waals surface area (Å²) in [6, 6.07) is 14.0. The SMILES string of the molecule is C.CC(C)C(OS(=O)(=O)O)n1cc[n+](C)c1.CC(C)[N+]1=CCC(=BO)C=C1.CC(C)c1cc(S(C)(=O)=O)c(-n2cc[n+](C)c2)c(S(=O)(=O)O)c1.CC(C)c1ccc(-n2cc[n+](C)c2)c(S(=O)(=O)O)c1.CC(C)c1ccc(Cn2cc[n+](C)c2)c(S(=O)(=O)O)c1.CC(C)n1cc[n+](CC(=O)O)c1. The van der Waals surface area contributed by atoms with Gasteiger partial charge < -0.3 is 5.11 Å². The molecule has 0 radical (unpaired) electrons. The first-order valence-electron chi connectivity index (χ1n) is 31.3. The summed E-state index contributed by atoms with van der Waals surface area (Å²) < 4.78 is 176. The number of allylic oxidation sites excluding steroid dienone is 1. The number of carboxylic acid groups (broad SMARTS) is 1. The molecule has 0 fully saturated rings. The number of hydrogen-bond donors (Lipinski definition) is 6. The summed E-state index contributed by atoms with van der Waals surface area (Å²) in [4.78, 5) is 9.65. The zero-order valence-corrected chi connectivity index (χ0v) is 63.4. The molecule has 554 valence electrons. The third-order valence-corrected chi connectivity index (χ3v) is 19.1. The smallest absolute Gasteiger partial charge is 0.346 e. The number of carbonyl (C=O) groups is 1. The fourth-order valence-electron chi connectivity index (χ4n) is 9.46. The Morgan fingerprint density at radius 3 is 1.44 bits per heavy atom. The Morgan fingerprint density at radius 2 is 1.04 bits per heavy atom. The van der Waals surface area contributed by atoms with Crippen molar-refractivity contribution in [3.8, 4) is 11.4 Å². The average Bonchev–Trinajstić information content (AvgIpc) is 1.69. The number of aliphatic carboxylic acids is 1. The second-order valence-electron chi connectivity index (χ2n) is 25.5. The molecule has 1 aliphatic rings. The number of nitrogens with zero attached hydrogens (tertiary/aromatic N) is 11. The van der Waals surface area contributed by atoms with Gasteiger partial charge in [-0.1, -0.05) is 81.0 Å². The minimum Gasteiger partial charge on any atom is -0.478 e. The van der Waals surface area contributed by atoms with Crippen molar-refractivity contribution < 1.29 is 107 Å². The molecule has 1 aliphatic heterocycles. The van der Waals surface area contributed by atoms with Gasteiger partial charge >= 0.3 is 83.4 Å². The fraction of sp³-hybridized carbons (Fsp3) is 0.424.